The zero-order valence-corrected chi connectivity index (χ0v) is 17.2. The monoisotopic (exact) mass is 430 g/mol. The molecule has 162 valence electrons. The lowest BCUT2D eigenvalue weighted by molar-refractivity contribution is 0.146. The third kappa shape index (κ3) is 3.81. The summed E-state index contributed by atoms with van der Waals surface area (Å²) in [5, 5.41) is 3.67. The minimum atomic E-state index is -2.91. The van der Waals surface area contributed by atoms with Crippen LogP contribution in [0.15, 0.2) is 35.1 Å². The fraction of sp³-hybridized carbons (Fsp3) is 0.318. The second kappa shape index (κ2) is 8.14. The molecule has 1 aliphatic heterocycles. The number of pyridine rings is 1. The summed E-state index contributed by atoms with van der Waals surface area (Å²) in [4.78, 5) is 21.7. The fourth-order valence-electron chi connectivity index (χ4n) is 3.71. The molecule has 0 unspecified atom stereocenters. The molecule has 3 aromatic rings. The van der Waals surface area contributed by atoms with E-state index in [2.05, 4.69) is 15.3 Å². The summed E-state index contributed by atoms with van der Waals surface area (Å²) in [7, 11) is 1.62. The summed E-state index contributed by atoms with van der Waals surface area (Å²) in [6, 6.07) is 4.96. The van der Waals surface area contributed by atoms with Gasteiger partial charge in [0.2, 0.25) is 0 Å². The van der Waals surface area contributed by atoms with E-state index in [0.29, 0.717) is 41.5 Å². The van der Waals surface area contributed by atoms with Gasteiger partial charge < -0.3 is 10.1 Å². The van der Waals surface area contributed by atoms with E-state index in [9.17, 15) is 18.0 Å². The number of nitrogens with zero attached hydrogens (tertiary/aromatic N) is 3. The number of hydrogen-bond acceptors (Lipinski definition) is 5. The van der Waals surface area contributed by atoms with Crippen LogP contribution < -0.4 is 10.9 Å². The third-order valence-electron chi connectivity index (χ3n) is 5.34. The minimum Gasteiger partial charge on any atom is -0.373 e. The number of hydrogen-bond donors (Lipinski definition) is 1. The average molecular weight is 430 g/mol. The Morgan fingerprint density at radius 1 is 1.23 bits per heavy atom. The highest BCUT2D eigenvalue weighted by atomic mass is 19.3. The van der Waals surface area contributed by atoms with Gasteiger partial charge in [0.1, 0.15) is 23.1 Å². The molecule has 1 N–H and O–H groups in total. The second-order valence-electron chi connectivity index (χ2n) is 7.44. The van der Waals surface area contributed by atoms with E-state index in [0.717, 1.165) is 11.6 Å². The molecule has 9 heteroatoms. The second-order valence-corrected chi connectivity index (χ2v) is 7.44. The average Bonchev–Trinajstić information content (AvgIpc) is 3.25. The van der Waals surface area contributed by atoms with Gasteiger partial charge in [-0.25, -0.2) is 23.1 Å². The van der Waals surface area contributed by atoms with Crippen molar-refractivity contribution in [2.75, 3.05) is 18.5 Å². The van der Waals surface area contributed by atoms with Crippen LogP contribution in [0.2, 0.25) is 0 Å². The van der Waals surface area contributed by atoms with Gasteiger partial charge in [0, 0.05) is 18.2 Å². The van der Waals surface area contributed by atoms with Crippen LogP contribution in [0.4, 0.5) is 19.0 Å². The zero-order chi connectivity index (χ0) is 22.3. The SMILES string of the molecule is Cc1nc(N[C@H](C)c2cccc(C(F)F)c2F)c2cc(C3=CCOC3)c(=O)n(C)c2n1. The predicted molar refractivity (Wildman–Crippen MR) is 112 cm³/mol. The molecular weight excluding hydrogens is 409 g/mol. The molecule has 1 atom stereocenters. The van der Waals surface area contributed by atoms with Gasteiger partial charge in [-0.1, -0.05) is 24.3 Å². The van der Waals surface area contributed by atoms with Crippen molar-refractivity contribution < 1.29 is 17.9 Å². The van der Waals surface area contributed by atoms with Crippen molar-refractivity contribution in [1.82, 2.24) is 14.5 Å². The number of halogens is 3. The summed E-state index contributed by atoms with van der Waals surface area (Å²) in [5.41, 5.74) is 0.903. The maximum absolute atomic E-state index is 14.6. The van der Waals surface area contributed by atoms with Crippen LogP contribution in [0.25, 0.3) is 16.6 Å². The number of benzene rings is 1. The molecule has 6 nitrogen and oxygen atoms in total. The molecule has 1 aliphatic rings. The minimum absolute atomic E-state index is 0.0964. The smallest absolute Gasteiger partial charge is 0.266 e. The first kappa shape index (κ1) is 21.0. The molecule has 0 fully saturated rings. The van der Waals surface area contributed by atoms with E-state index in [1.54, 1.807) is 27.0 Å². The van der Waals surface area contributed by atoms with Gasteiger partial charge in [0.15, 0.2) is 0 Å². The van der Waals surface area contributed by atoms with E-state index in [1.165, 1.54) is 16.7 Å². The molecule has 1 aromatic carbocycles. The van der Waals surface area contributed by atoms with Crippen molar-refractivity contribution in [2.45, 2.75) is 26.3 Å². The molecule has 0 radical (unpaired) electrons. The van der Waals surface area contributed by atoms with Crippen molar-refractivity contribution in [3.05, 3.63) is 69.0 Å². The molecule has 0 aliphatic carbocycles. The summed E-state index contributed by atoms with van der Waals surface area (Å²) in [6.45, 7) is 4.10. The Morgan fingerprint density at radius 3 is 2.65 bits per heavy atom. The first-order valence-corrected chi connectivity index (χ1v) is 9.76. The van der Waals surface area contributed by atoms with Gasteiger partial charge in [0.05, 0.1) is 30.2 Å². The van der Waals surface area contributed by atoms with Crippen molar-refractivity contribution in [1.29, 1.82) is 0 Å². The molecular formula is C22H21F3N4O2. The Balaban J connectivity index is 1.82. The van der Waals surface area contributed by atoms with Crippen molar-refractivity contribution in [3.63, 3.8) is 0 Å². The Labute approximate surface area is 176 Å². The summed E-state index contributed by atoms with van der Waals surface area (Å²) < 4.78 is 47.6. The van der Waals surface area contributed by atoms with E-state index in [-0.39, 0.29) is 11.1 Å². The lowest BCUT2D eigenvalue weighted by Crippen LogP contribution is -2.23. The highest BCUT2D eigenvalue weighted by molar-refractivity contribution is 5.90. The van der Waals surface area contributed by atoms with Crippen molar-refractivity contribution in [2.24, 2.45) is 7.05 Å². The van der Waals surface area contributed by atoms with Crippen molar-refractivity contribution >= 4 is 22.4 Å². The number of rotatable bonds is 5. The number of aromatic nitrogens is 3. The van der Waals surface area contributed by atoms with Gasteiger partial charge in [-0.2, -0.15) is 0 Å². The van der Waals surface area contributed by atoms with Gasteiger partial charge in [-0.05, 0) is 25.5 Å². The Kier molecular flexibility index (Phi) is 5.53. The fourth-order valence-corrected chi connectivity index (χ4v) is 3.71. The number of alkyl halides is 2. The molecule has 0 saturated heterocycles. The van der Waals surface area contributed by atoms with Crippen LogP contribution in [0, 0.1) is 12.7 Å². The number of anilines is 1. The lowest BCUT2D eigenvalue weighted by Gasteiger charge is -2.19. The lowest BCUT2D eigenvalue weighted by atomic mass is 10.0. The number of aryl methyl sites for hydroxylation is 2. The molecule has 2 aromatic heterocycles. The van der Waals surface area contributed by atoms with Gasteiger partial charge in [0.25, 0.3) is 12.0 Å². The van der Waals surface area contributed by atoms with E-state index < -0.39 is 23.8 Å². The first-order valence-electron chi connectivity index (χ1n) is 9.76. The van der Waals surface area contributed by atoms with Crippen LogP contribution in [-0.2, 0) is 11.8 Å². The van der Waals surface area contributed by atoms with Crippen LogP contribution in [-0.4, -0.2) is 27.7 Å². The summed E-state index contributed by atoms with van der Waals surface area (Å²) in [5.74, 6) is -0.155. The Morgan fingerprint density at radius 2 is 1.97 bits per heavy atom. The topological polar surface area (TPSA) is 69.0 Å². The highest BCUT2D eigenvalue weighted by Gasteiger charge is 2.22. The highest BCUT2D eigenvalue weighted by Crippen LogP contribution is 2.31. The summed E-state index contributed by atoms with van der Waals surface area (Å²) in [6.07, 6.45) is -1.06. The van der Waals surface area contributed by atoms with Gasteiger partial charge >= 0.3 is 0 Å². The predicted octanol–water partition coefficient (Wildman–Crippen LogP) is 4.30. The van der Waals surface area contributed by atoms with Gasteiger partial charge in [-0.3, -0.25) is 9.36 Å². The molecule has 0 amide bonds. The Hall–Kier alpha value is -3.20. The van der Waals surface area contributed by atoms with E-state index >= 15 is 0 Å². The number of nitrogens with one attached hydrogen (secondary N) is 1. The molecule has 0 saturated carbocycles. The largest absolute Gasteiger partial charge is 0.373 e. The van der Waals surface area contributed by atoms with Crippen LogP contribution in [0.1, 0.15) is 41.9 Å². The standard InChI is InChI=1S/C22H21F3N4O2/c1-11(14-5-4-6-15(18(14)23)19(24)25)26-20-17-9-16(13-7-8-31-10-13)22(30)29(3)21(17)28-12(2)27-20/h4-7,9,11,19H,8,10H2,1-3H3,(H,26,27,28)/t11-/m1/s1. The summed E-state index contributed by atoms with van der Waals surface area (Å²) >= 11 is 0. The normalized spacial score (nSPS) is 14.9. The molecule has 4 rings (SSSR count). The molecule has 3 heterocycles. The maximum atomic E-state index is 14.6. The zero-order valence-electron chi connectivity index (χ0n) is 17.2. The van der Waals surface area contributed by atoms with E-state index in [4.69, 9.17) is 4.74 Å². The Bertz CT molecular complexity index is 1250. The molecule has 0 bridgehead atoms. The molecule has 31 heavy (non-hydrogen) atoms. The quantitative estimate of drug-likeness (QED) is 0.654. The van der Waals surface area contributed by atoms with Gasteiger partial charge in [-0.15, -0.1) is 0 Å². The van der Waals surface area contributed by atoms with Crippen LogP contribution in [0.5, 0.6) is 0 Å². The molecule has 0 spiro atoms. The van der Waals surface area contributed by atoms with Crippen LogP contribution >= 0.6 is 0 Å². The first-order chi connectivity index (χ1) is 14.8. The van der Waals surface area contributed by atoms with Crippen LogP contribution in [0.3, 0.4) is 0 Å². The number of ether oxygens (including phenoxy) is 1. The van der Waals surface area contributed by atoms with E-state index in [1.807, 2.05) is 6.08 Å². The van der Waals surface area contributed by atoms with Crippen molar-refractivity contribution in [3.8, 4) is 0 Å². The maximum Gasteiger partial charge on any atom is 0.266 e. The number of fused-ring (bicyclic) bond motifs is 1. The third-order valence-corrected chi connectivity index (χ3v) is 5.34.